The van der Waals surface area contributed by atoms with E-state index in [0.29, 0.717) is 12.1 Å². The van der Waals surface area contributed by atoms with Crippen LogP contribution in [0.2, 0.25) is 0 Å². The van der Waals surface area contributed by atoms with E-state index in [-0.39, 0.29) is 17.3 Å². The summed E-state index contributed by atoms with van der Waals surface area (Å²) in [7, 11) is -3.46. The van der Waals surface area contributed by atoms with E-state index in [4.69, 9.17) is 5.73 Å². The van der Waals surface area contributed by atoms with E-state index in [1.807, 2.05) is 6.92 Å². The Morgan fingerprint density at radius 2 is 2.24 bits per heavy atom. The van der Waals surface area contributed by atoms with Crippen molar-refractivity contribution >= 4 is 27.0 Å². The lowest BCUT2D eigenvalue weighted by Crippen LogP contribution is -2.63. The van der Waals surface area contributed by atoms with E-state index in [2.05, 4.69) is 0 Å². The molecule has 2 rings (SSSR count). The molecule has 1 fully saturated rings. The molecule has 3 N–H and O–H groups in total. The Hall–Kier alpha value is -0.630. The molecule has 0 saturated carbocycles. The summed E-state index contributed by atoms with van der Waals surface area (Å²) in [5.41, 5.74) is 5.13. The van der Waals surface area contributed by atoms with Crippen LogP contribution in [0, 0.1) is 0 Å². The first-order valence-electron chi connectivity index (χ1n) is 5.44. The smallest absolute Gasteiger partial charge is 0.252 e. The van der Waals surface area contributed by atoms with Crippen LogP contribution < -0.4 is 5.73 Å². The maximum atomic E-state index is 12.1. The number of nitrogen functional groups attached to an aromatic ring is 1. The van der Waals surface area contributed by atoms with Gasteiger partial charge < -0.3 is 10.8 Å². The normalized spacial score (nSPS) is 20.1. The molecule has 0 bridgehead atoms. The predicted octanol–water partition coefficient (Wildman–Crippen LogP) is 0.866. The van der Waals surface area contributed by atoms with Crippen LogP contribution in [0.15, 0.2) is 15.7 Å². The van der Waals surface area contributed by atoms with Gasteiger partial charge in [-0.05, 0) is 12.5 Å². The molecular formula is C10H16N2O3S2. The van der Waals surface area contributed by atoms with E-state index in [0.717, 1.165) is 17.8 Å². The number of anilines is 1. The maximum absolute atomic E-state index is 12.1. The lowest BCUT2D eigenvalue weighted by Gasteiger charge is -2.45. The SMILES string of the molecule is CCCC1(O)CN(S(=O)(=O)c2cc(N)cs2)C1. The third-order valence-electron chi connectivity index (χ3n) is 2.85. The van der Waals surface area contributed by atoms with Crippen LogP contribution >= 0.6 is 11.3 Å². The molecule has 17 heavy (non-hydrogen) atoms. The highest BCUT2D eigenvalue weighted by Gasteiger charge is 2.46. The first-order valence-corrected chi connectivity index (χ1v) is 7.76. The molecule has 0 amide bonds. The lowest BCUT2D eigenvalue weighted by atomic mass is 9.92. The molecule has 0 atom stereocenters. The van der Waals surface area contributed by atoms with Crippen molar-refractivity contribution in [1.82, 2.24) is 4.31 Å². The van der Waals surface area contributed by atoms with Crippen molar-refractivity contribution in [3.05, 3.63) is 11.4 Å². The summed E-state index contributed by atoms with van der Waals surface area (Å²) >= 11 is 1.11. The van der Waals surface area contributed by atoms with Crippen LogP contribution in [0.25, 0.3) is 0 Å². The number of hydrogen-bond acceptors (Lipinski definition) is 5. The van der Waals surface area contributed by atoms with Crippen LogP contribution in [0.4, 0.5) is 5.69 Å². The van der Waals surface area contributed by atoms with E-state index in [1.54, 1.807) is 5.38 Å². The minimum absolute atomic E-state index is 0.182. The van der Waals surface area contributed by atoms with Crippen LogP contribution in [0.5, 0.6) is 0 Å². The quantitative estimate of drug-likeness (QED) is 0.854. The van der Waals surface area contributed by atoms with Gasteiger partial charge in [0, 0.05) is 24.2 Å². The number of nitrogens with two attached hydrogens (primary N) is 1. The molecule has 0 aromatic carbocycles. The number of sulfonamides is 1. The molecule has 5 nitrogen and oxygen atoms in total. The Kier molecular flexibility index (Phi) is 3.19. The third kappa shape index (κ3) is 2.33. The Morgan fingerprint density at radius 3 is 2.71 bits per heavy atom. The fourth-order valence-electron chi connectivity index (χ4n) is 2.00. The van der Waals surface area contributed by atoms with Crippen molar-refractivity contribution in [3.8, 4) is 0 Å². The minimum Gasteiger partial charge on any atom is -0.398 e. The predicted molar refractivity (Wildman–Crippen MR) is 67.3 cm³/mol. The number of nitrogens with zero attached hydrogens (tertiary/aromatic N) is 1. The highest BCUT2D eigenvalue weighted by molar-refractivity contribution is 7.91. The Bertz CT molecular complexity index is 503. The standard InChI is InChI=1S/C10H16N2O3S2/c1-2-3-10(13)6-12(7-10)17(14,15)9-4-8(11)5-16-9/h4-5,13H,2-3,6-7,11H2,1H3. The highest BCUT2D eigenvalue weighted by Crippen LogP contribution is 2.33. The van der Waals surface area contributed by atoms with Gasteiger partial charge in [-0.2, -0.15) is 4.31 Å². The van der Waals surface area contributed by atoms with Gasteiger partial charge in [-0.1, -0.05) is 13.3 Å². The van der Waals surface area contributed by atoms with Gasteiger partial charge in [-0.15, -0.1) is 11.3 Å². The average Bonchev–Trinajstić information content (AvgIpc) is 2.62. The summed E-state index contributed by atoms with van der Waals surface area (Å²) in [6, 6.07) is 1.46. The van der Waals surface area contributed by atoms with Gasteiger partial charge in [0.2, 0.25) is 0 Å². The fourth-order valence-corrected chi connectivity index (χ4v) is 4.83. The number of β-amino-alcohol motifs (C(OH)–C–C–N with tert-alkyl or cyclic N) is 1. The lowest BCUT2D eigenvalue weighted by molar-refractivity contribution is -0.0652. The molecule has 2 heterocycles. The monoisotopic (exact) mass is 276 g/mol. The summed E-state index contributed by atoms with van der Waals surface area (Å²) in [5.74, 6) is 0. The first kappa shape index (κ1) is 12.8. The molecule has 0 radical (unpaired) electrons. The van der Waals surface area contributed by atoms with Gasteiger partial charge in [0.1, 0.15) is 4.21 Å². The third-order valence-corrected chi connectivity index (χ3v) is 6.07. The number of aliphatic hydroxyl groups is 1. The maximum Gasteiger partial charge on any atom is 0.252 e. The average molecular weight is 276 g/mol. The Morgan fingerprint density at radius 1 is 1.59 bits per heavy atom. The zero-order chi connectivity index (χ0) is 12.7. The van der Waals surface area contributed by atoms with Crippen LogP contribution in [-0.4, -0.2) is 36.5 Å². The molecular weight excluding hydrogens is 260 g/mol. The van der Waals surface area contributed by atoms with Gasteiger partial charge >= 0.3 is 0 Å². The molecule has 7 heteroatoms. The van der Waals surface area contributed by atoms with Crippen LogP contribution in [0.3, 0.4) is 0 Å². The summed E-state index contributed by atoms with van der Waals surface area (Å²) in [4.78, 5) is 0. The van der Waals surface area contributed by atoms with E-state index in [9.17, 15) is 13.5 Å². The zero-order valence-electron chi connectivity index (χ0n) is 9.59. The first-order chi connectivity index (χ1) is 7.87. The number of thiophene rings is 1. The zero-order valence-corrected chi connectivity index (χ0v) is 11.2. The molecule has 1 aromatic heterocycles. The van der Waals surface area contributed by atoms with Crippen LogP contribution in [0.1, 0.15) is 19.8 Å². The van der Waals surface area contributed by atoms with E-state index in [1.165, 1.54) is 10.4 Å². The second-order valence-corrected chi connectivity index (χ2v) is 7.52. The van der Waals surface area contributed by atoms with Crippen molar-refractivity contribution in [1.29, 1.82) is 0 Å². The van der Waals surface area contributed by atoms with Gasteiger partial charge in [0.25, 0.3) is 10.0 Å². The van der Waals surface area contributed by atoms with Gasteiger partial charge in [-0.3, -0.25) is 0 Å². The topological polar surface area (TPSA) is 83.6 Å². The van der Waals surface area contributed by atoms with Crippen molar-refractivity contribution < 1.29 is 13.5 Å². The molecule has 0 unspecified atom stereocenters. The summed E-state index contributed by atoms with van der Waals surface area (Å²) < 4.78 is 25.7. The highest BCUT2D eigenvalue weighted by atomic mass is 32.2. The fraction of sp³-hybridized carbons (Fsp3) is 0.600. The molecule has 1 aromatic rings. The Balaban J connectivity index is 2.11. The minimum atomic E-state index is -3.46. The summed E-state index contributed by atoms with van der Waals surface area (Å²) in [6.07, 6.45) is 1.47. The van der Waals surface area contributed by atoms with Gasteiger partial charge in [0.05, 0.1) is 5.60 Å². The van der Waals surface area contributed by atoms with Crippen molar-refractivity contribution in [2.75, 3.05) is 18.8 Å². The summed E-state index contributed by atoms with van der Waals surface area (Å²) in [5, 5.41) is 11.6. The van der Waals surface area contributed by atoms with Crippen molar-refractivity contribution in [2.24, 2.45) is 0 Å². The second-order valence-electron chi connectivity index (χ2n) is 4.45. The van der Waals surface area contributed by atoms with Crippen molar-refractivity contribution in [2.45, 2.75) is 29.6 Å². The van der Waals surface area contributed by atoms with Gasteiger partial charge in [0.15, 0.2) is 0 Å². The van der Waals surface area contributed by atoms with E-state index >= 15 is 0 Å². The second kappa shape index (κ2) is 4.24. The van der Waals surface area contributed by atoms with Crippen LogP contribution in [-0.2, 0) is 10.0 Å². The van der Waals surface area contributed by atoms with E-state index < -0.39 is 15.6 Å². The summed E-state index contributed by atoms with van der Waals surface area (Å²) in [6.45, 7) is 2.33. The van der Waals surface area contributed by atoms with Crippen molar-refractivity contribution in [3.63, 3.8) is 0 Å². The number of hydrogen-bond donors (Lipinski definition) is 2. The molecule has 1 aliphatic heterocycles. The molecule has 1 aliphatic rings. The number of rotatable bonds is 4. The molecule has 0 aliphatic carbocycles. The molecule has 1 saturated heterocycles. The van der Waals surface area contributed by atoms with Gasteiger partial charge in [-0.25, -0.2) is 8.42 Å². The Labute approximate surface area is 105 Å². The molecule has 96 valence electrons. The molecule has 0 spiro atoms. The largest absolute Gasteiger partial charge is 0.398 e.